The number of hydrogen-bond donors (Lipinski definition) is 1. The summed E-state index contributed by atoms with van der Waals surface area (Å²) in [5, 5.41) is 14.7. The number of anilines is 1. The highest BCUT2D eigenvalue weighted by Crippen LogP contribution is 2.32. The Balaban J connectivity index is 1.88. The van der Waals surface area contributed by atoms with Crippen molar-refractivity contribution in [2.45, 2.75) is 13.1 Å². The largest absolute Gasteiger partial charge is 0.497 e. The third-order valence-electron chi connectivity index (χ3n) is 3.69. The second-order valence-electron chi connectivity index (χ2n) is 5.22. The fourth-order valence-electron chi connectivity index (χ4n) is 2.45. The van der Waals surface area contributed by atoms with Crippen molar-refractivity contribution in [2.75, 3.05) is 19.5 Å². The van der Waals surface area contributed by atoms with Crippen LogP contribution >= 0.6 is 11.3 Å². The average molecular weight is 374 g/mol. The van der Waals surface area contributed by atoms with Crippen molar-refractivity contribution >= 4 is 27.2 Å². The van der Waals surface area contributed by atoms with Crippen molar-refractivity contribution in [3.8, 4) is 11.5 Å². The second kappa shape index (κ2) is 7.85. The van der Waals surface area contributed by atoms with Crippen molar-refractivity contribution in [2.24, 2.45) is 5.11 Å². The molecule has 10 heteroatoms. The van der Waals surface area contributed by atoms with Gasteiger partial charge in [-0.25, -0.2) is 0 Å². The van der Waals surface area contributed by atoms with Crippen molar-refractivity contribution in [3.63, 3.8) is 0 Å². The van der Waals surface area contributed by atoms with Crippen LogP contribution in [0, 0.1) is 5.95 Å². The van der Waals surface area contributed by atoms with E-state index in [1.54, 1.807) is 26.4 Å². The molecule has 2 heterocycles. The van der Waals surface area contributed by atoms with Crippen LogP contribution in [0.1, 0.15) is 10.4 Å². The molecule has 1 aromatic carbocycles. The summed E-state index contributed by atoms with van der Waals surface area (Å²) in [6.07, 6.45) is 0. The minimum atomic E-state index is -0.648. The zero-order valence-corrected chi connectivity index (χ0v) is 14.9. The van der Waals surface area contributed by atoms with Gasteiger partial charge in [0.1, 0.15) is 11.5 Å². The molecular weight excluding hydrogens is 359 g/mol. The van der Waals surface area contributed by atoms with E-state index in [1.165, 1.54) is 11.3 Å². The number of nitrogens with one attached hydrogen (secondary N) is 1. The van der Waals surface area contributed by atoms with Gasteiger partial charge in [0.15, 0.2) is 5.82 Å². The smallest absolute Gasteiger partial charge is 0.251 e. The molecule has 3 aromatic rings. The van der Waals surface area contributed by atoms with Gasteiger partial charge in [0, 0.05) is 33.3 Å². The molecule has 0 amide bonds. The molecule has 0 aliphatic rings. The first-order chi connectivity index (χ1) is 12.7. The summed E-state index contributed by atoms with van der Waals surface area (Å²) in [4.78, 5) is 3.46. The summed E-state index contributed by atoms with van der Waals surface area (Å²) < 4.78 is 24.9. The molecule has 0 atom stereocenters. The van der Waals surface area contributed by atoms with Crippen LogP contribution in [0.2, 0.25) is 0 Å². The van der Waals surface area contributed by atoms with Crippen LogP contribution in [-0.4, -0.2) is 24.4 Å². The number of methoxy groups -OCH3 is 2. The van der Waals surface area contributed by atoms with Crippen LogP contribution in [-0.2, 0) is 13.1 Å². The first-order valence-electron chi connectivity index (χ1n) is 7.56. The number of ether oxygens (including phenoxy) is 2. The Hall–Kier alpha value is -3.10. The molecule has 0 spiro atoms. The number of thiophene rings is 1. The quantitative estimate of drug-likeness (QED) is 0.378. The van der Waals surface area contributed by atoms with Crippen molar-refractivity contribution < 1.29 is 13.9 Å². The molecule has 0 aliphatic heterocycles. The highest BCUT2D eigenvalue weighted by Gasteiger charge is 2.14. The molecule has 8 nitrogen and oxygen atoms in total. The van der Waals surface area contributed by atoms with Crippen LogP contribution in [0.25, 0.3) is 20.5 Å². The Morgan fingerprint density at radius 3 is 2.85 bits per heavy atom. The van der Waals surface area contributed by atoms with E-state index in [9.17, 15) is 4.39 Å². The van der Waals surface area contributed by atoms with Crippen LogP contribution in [0.4, 0.5) is 10.2 Å². The number of hydrogen-bond acceptors (Lipinski definition) is 7. The summed E-state index contributed by atoms with van der Waals surface area (Å²) in [7, 11) is 3.16. The minimum absolute atomic E-state index is 0.154. The number of aromatic nitrogens is 2. The van der Waals surface area contributed by atoms with Gasteiger partial charge in [-0.3, -0.25) is 0 Å². The van der Waals surface area contributed by atoms with E-state index < -0.39 is 5.95 Å². The van der Waals surface area contributed by atoms with E-state index in [0.717, 1.165) is 10.4 Å². The molecule has 0 bridgehead atoms. The normalized spacial score (nSPS) is 10.4. The molecule has 2 aromatic heterocycles. The van der Waals surface area contributed by atoms with Crippen molar-refractivity contribution in [1.82, 2.24) is 10.2 Å². The third kappa shape index (κ3) is 3.61. The molecule has 0 radical (unpaired) electrons. The van der Waals surface area contributed by atoms with Gasteiger partial charge in [-0.05, 0) is 23.7 Å². The summed E-state index contributed by atoms with van der Waals surface area (Å²) in [5.74, 6) is 1.15. The Morgan fingerprint density at radius 1 is 1.27 bits per heavy atom. The Morgan fingerprint density at radius 2 is 2.12 bits per heavy atom. The van der Waals surface area contributed by atoms with Crippen LogP contribution in [0.5, 0.6) is 11.5 Å². The summed E-state index contributed by atoms with van der Waals surface area (Å²) >= 11 is 1.19. The predicted molar refractivity (Wildman–Crippen MR) is 97.1 cm³/mol. The fourth-order valence-corrected chi connectivity index (χ4v) is 3.40. The maximum absolute atomic E-state index is 13.9. The first-order valence-corrected chi connectivity index (χ1v) is 8.38. The summed E-state index contributed by atoms with van der Waals surface area (Å²) in [6.45, 7) is 0.561. The molecule has 0 saturated carbocycles. The monoisotopic (exact) mass is 374 g/mol. The van der Waals surface area contributed by atoms with Gasteiger partial charge in [0.25, 0.3) is 5.95 Å². The maximum atomic E-state index is 13.9. The maximum Gasteiger partial charge on any atom is 0.251 e. The number of fused-ring (bicyclic) bond motifs is 1. The van der Waals surface area contributed by atoms with E-state index in [0.29, 0.717) is 33.9 Å². The molecule has 0 unspecified atom stereocenters. The lowest BCUT2D eigenvalue weighted by molar-refractivity contribution is 0.391. The molecule has 26 heavy (non-hydrogen) atoms. The summed E-state index contributed by atoms with van der Waals surface area (Å²) in [5.41, 5.74) is 9.33. The SMILES string of the molecule is COc1ccc(CNc2nnc(F)c3sc(CN=[N+]=[N-])cc23)c(OC)c1. The van der Waals surface area contributed by atoms with Crippen LogP contribution in [0.15, 0.2) is 29.4 Å². The molecular formula is C16H15FN6O2S. The van der Waals surface area contributed by atoms with Crippen molar-refractivity contribution in [1.29, 1.82) is 0 Å². The fraction of sp³-hybridized carbons (Fsp3) is 0.250. The van der Waals surface area contributed by atoms with E-state index in [2.05, 4.69) is 25.5 Å². The van der Waals surface area contributed by atoms with Crippen molar-refractivity contribution in [3.05, 3.63) is 51.1 Å². The summed E-state index contributed by atoms with van der Waals surface area (Å²) in [6, 6.07) is 7.24. The highest BCUT2D eigenvalue weighted by atomic mass is 32.1. The Bertz CT molecular complexity index is 986. The minimum Gasteiger partial charge on any atom is -0.497 e. The van der Waals surface area contributed by atoms with E-state index >= 15 is 0 Å². The second-order valence-corrected chi connectivity index (χ2v) is 6.35. The number of halogens is 1. The van der Waals surface area contributed by atoms with Gasteiger partial charge in [-0.1, -0.05) is 5.11 Å². The van der Waals surface area contributed by atoms with Crippen LogP contribution < -0.4 is 14.8 Å². The molecule has 0 fully saturated rings. The average Bonchev–Trinajstić information content (AvgIpc) is 3.11. The number of benzene rings is 1. The van der Waals surface area contributed by atoms with E-state index in [4.69, 9.17) is 15.0 Å². The molecule has 1 N–H and O–H groups in total. The zero-order valence-electron chi connectivity index (χ0n) is 14.1. The van der Waals surface area contributed by atoms with E-state index in [1.807, 2.05) is 12.1 Å². The third-order valence-corrected chi connectivity index (χ3v) is 4.80. The Labute approximate surface area is 152 Å². The lowest BCUT2D eigenvalue weighted by atomic mass is 10.2. The van der Waals surface area contributed by atoms with Gasteiger partial charge in [-0.2, -0.15) is 4.39 Å². The molecule has 0 aliphatic carbocycles. The molecule has 134 valence electrons. The van der Waals surface area contributed by atoms with E-state index in [-0.39, 0.29) is 6.54 Å². The van der Waals surface area contributed by atoms with Gasteiger partial charge >= 0.3 is 0 Å². The lowest BCUT2D eigenvalue weighted by Gasteiger charge is -2.12. The number of rotatable bonds is 7. The zero-order chi connectivity index (χ0) is 18.5. The Kier molecular flexibility index (Phi) is 5.35. The topological polar surface area (TPSA) is 105 Å². The van der Waals surface area contributed by atoms with Gasteiger partial charge in [-0.15, -0.1) is 21.5 Å². The highest BCUT2D eigenvalue weighted by molar-refractivity contribution is 7.19. The van der Waals surface area contributed by atoms with Gasteiger partial charge in [0.05, 0.1) is 25.5 Å². The van der Waals surface area contributed by atoms with Crippen LogP contribution in [0.3, 0.4) is 0 Å². The predicted octanol–water partition coefficient (Wildman–Crippen LogP) is 4.27. The standard InChI is InChI=1S/C16H15FN6O2S/c1-24-10-4-3-9(13(5-10)25-2)7-19-16-12-6-11(8-20-23-18)26-14(12)15(17)21-22-16/h3-6H,7-8H2,1-2H3,(H,19,22). The molecule has 3 rings (SSSR count). The first kappa shape index (κ1) is 17.7. The number of nitrogens with zero attached hydrogens (tertiary/aromatic N) is 5. The van der Waals surface area contributed by atoms with Gasteiger partial charge < -0.3 is 14.8 Å². The number of azide groups is 1. The van der Waals surface area contributed by atoms with Gasteiger partial charge in [0.2, 0.25) is 0 Å². The molecule has 0 saturated heterocycles. The lowest BCUT2D eigenvalue weighted by Crippen LogP contribution is -2.05.